The molecule has 1 saturated carbocycles. The summed E-state index contributed by atoms with van der Waals surface area (Å²) in [6.07, 6.45) is 3.87. The van der Waals surface area contributed by atoms with Crippen molar-refractivity contribution in [1.82, 2.24) is 10.2 Å². The molecule has 78 valence electrons. The van der Waals surface area contributed by atoms with E-state index in [2.05, 4.69) is 15.5 Å². The first-order valence-electron chi connectivity index (χ1n) is 4.94. The number of aryl methyl sites for hydroxylation is 1. The van der Waals surface area contributed by atoms with E-state index in [0.717, 1.165) is 42.4 Å². The molecular formula is C9H15N3OS. The van der Waals surface area contributed by atoms with Gasteiger partial charge in [-0.2, -0.15) is 0 Å². The van der Waals surface area contributed by atoms with E-state index in [4.69, 9.17) is 0 Å². The lowest BCUT2D eigenvalue weighted by Crippen LogP contribution is -2.38. The van der Waals surface area contributed by atoms with Crippen molar-refractivity contribution in [2.45, 2.75) is 38.2 Å². The van der Waals surface area contributed by atoms with Gasteiger partial charge < -0.3 is 10.4 Å². The molecule has 1 aliphatic carbocycles. The first-order chi connectivity index (χ1) is 6.68. The fraction of sp³-hybridized carbons (Fsp3) is 0.778. The van der Waals surface area contributed by atoms with Crippen LogP contribution in [0.1, 0.15) is 30.7 Å². The minimum Gasteiger partial charge on any atom is -0.390 e. The van der Waals surface area contributed by atoms with Crippen molar-refractivity contribution in [3.63, 3.8) is 0 Å². The highest BCUT2D eigenvalue weighted by molar-refractivity contribution is 7.15. The average molecular weight is 213 g/mol. The lowest BCUT2D eigenvalue weighted by Gasteiger charge is -2.36. The quantitative estimate of drug-likeness (QED) is 0.797. The van der Waals surface area contributed by atoms with Gasteiger partial charge in [0.15, 0.2) is 0 Å². The maximum absolute atomic E-state index is 9.82. The van der Waals surface area contributed by atoms with Crippen LogP contribution in [0.15, 0.2) is 0 Å². The topological polar surface area (TPSA) is 58.0 Å². The zero-order valence-electron chi connectivity index (χ0n) is 8.29. The van der Waals surface area contributed by atoms with Crippen LogP contribution in [-0.4, -0.2) is 27.4 Å². The van der Waals surface area contributed by atoms with Crippen LogP contribution in [-0.2, 0) is 0 Å². The standard InChI is InChI=1S/C9H15N3OS/c1-7-11-12-8(14-7)10-6-5-9(13)3-2-4-9/h13H,2-6H2,1H3,(H,10,12). The molecule has 0 spiro atoms. The van der Waals surface area contributed by atoms with Crippen molar-refractivity contribution in [3.05, 3.63) is 5.01 Å². The normalized spacial score (nSPS) is 19.0. The average Bonchev–Trinajstić information content (AvgIpc) is 2.49. The Morgan fingerprint density at radius 3 is 2.79 bits per heavy atom. The molecule has 0 amide bonds. The third-order valence-electron chi connectivity index (χ3n) is 2.68. The molecule has 2 rings (SSSR count). The van der Waals surface area contributed by atoms with E-state index in [-0.39, 0.29) is 0 Å². The zero-order valence-corrected chi connectivity index (χ0v) is 9.10. The Morgan fingerprint density at radius 1 is 1.50 bits per heavy atom. The van der Waals surface area contributed by atoms with E-state index in [1.54, 1.807) is 11.3 Å². The third-order valence-corrected chi connectivity index (χ3v) is 3.47. The molecule has 1 aromatic heterocycles. The summed E-state index contributed by atoms with van der Waals surface area (Å²) in [5.74, 6) is 0. The van der Waals surface area contributed by atoms with Crippen LogP contribution in [0.5, 0.6) is 0 Å². The smallest absolute Gasteiger partial charge is 0.205 e. The summed E-state index contributed by atoms with van der Waals surface area (Å²) >= 11 is 1.55. The van der Waals surface area contributed by atoms with E-state index in [1.807, 2.05) is 6.92 Å². The highest BCUT2D eigenvalue weighted by atomic mass is 32.1. The highest BCUT2D eigenvalue weighted by Crippen LogP contribution is 2.34. The summed E-state index contributed by atoms with van der Waals surface area (Å²) in [5, 5.41) is 22.7. The van der Waals surface area contributed by atoms with Crippen molar-refractivity contribution >= 4 is 16.5 Å². The molecule has 1 aromatic rings. The Bertz CT molecular complexity index is 309. The van der Waals surface area contributed by atoms with Gasteiger partial charge >= 0.3 is 0 Å². The molecular weight excluding hydrogens is 198 g/mol. The second-order valence-electron chi connectivity index (χ2n) is 3.88. The number of hydrogen-bond acceptors (Lipinski definition) is 5. The van der Waals surface area contributed by atoms with Gasteiger partial charge in [-0.05, 0) is 32.6 Å². The second kappa shape index (κ2) is 3.82. The summed E-state index contributed by atoms with van der Waals surface area (Å²) < 4.78 is 0. The summed E-state index contributed by atoms with van der Waals surface area (Å²) in [5.41, 5.74) is -0.396. The van der Waals surface area contributed by atoms with Crippen LogP contribution in [0.2, 0.25) is 0 Å². The number of aliphatic hydroxyl groups is 1. The minimum atomic E-state index is -0.396. The van der Waals surface area contributed by atoms with Crippen molar-refractivity contribution in [2.24, 2.45) is 0 Å². The fourth-order valence-corrected chi connectivity index (χ4v) is 2.22. The lowest BCUT2D eigenvalue weighted by molar-refractivity contribution is -0.0370. The number of anilines is 1. The van der Waals surface area contributed by atoms with Crippen molar-refractivity contribution < 1.29 is 5.11 Å². The lowest BCUT2D eigenvalue weighted by atomic mass is 9.78. The van der Waals surface area contributed by atoms with Crippen LogP contribution in [0.25, 0.3) is 0 Å². The maximum Gasteiger partial charge on any atom is 0.205 e. The number of rotatable bonds is 4. The Hall–Kier alpha value is -0.680. The first kappa shape index (κ1) is 9.86. The van der Waals surface area contributed by atoms with Gasteiger partial charge in [0, 0.05) is 6.54 Å². The molecule has 0 saturated heterocycles. The molecule has 0 aromatic carbocycles. The van der Waals surface area contributed by atoms with E-state index in [1.165, 1.54) is 0 Å². The van der Waals surface area contributed by atoms with Gasteiger partial charge in [-0.1, -0.05) is 11.3 Å². The molecule has 0 atom stereocenters. The van der Waals surface area contributed by atoms with Crippen LogP contribution in [0.4, 0.5) is 5.13 Å². The minimum absolute atomic E-state index is 0.396. The van der Waals surface area contributed by atoms with Crippen LogP contribution in [0, 0.1) is 6.92 Å². The first-order valence-corrected chi connectivity index (χ1v) is 5.76. The van der Waals surface area contributed by atoms with Gasteiger partial charge in [0.05, 0.1) is 5.60 Å². The van der Waals surface area contributed by atoms with Crippen molar-refractivity contribution in [3.8, 4) is 0 Å². The van der Waals surface area contributed by atoms with Crippen molar-refractivity contribution in [1.29, 1.82) is 0 Å². The van der Waals surface area contributed by atoms with Gasteiger partial charge in [0.25, 0.3) is 0 Å². The Balaban J connectivity index is 1.72. The Kier molecular flexibility index (Phi) is 2.69. The molecule has 2 N–H and O–H groups in total. The summed E-state index contributed by atoms with van der Waals surface area (Å²) in [6, 6.07) is 0. The Labute approximate surface area is 87.4 Å². The van der Waals surface area contributed by atoms with E-state index in [0.29, 0.717) is 0 Å². The molecule has 0 radical (unpaired) electrons. The molecule has 4 nitrogen and oxygen atoms in total. The number of nitrogens with zero attached hydrogens (tertiary/aromatic N) is 2. The number of hydrogen-bond donors (Lipinski definition) is 2. The molecule has 14 heavy (non-hydrogen) atoms. The molecule has 1 heterocycles. The van der Waals surface area contributed by atoms with Gasteiger partial charge in [0.2, 0.25) is 5.13 Å². The molecule has 1 fully saturated rings. The Morgan fingerprint density at radius 2 is 2.29 bits per heavy atom. The molecule has 0 bridgehead atoms. The van der Waals surface area contributed by atoms with Crippen LogP contribution < -0.4 is 5.32 Å². The second-order valence-corrected chi connectivity index (χ2v) is 5.06. The largest absolute Gasteiger partial charge is 0.390 e. The predicted octanol–water partition coefficient (Wildman–Crippen LogP) is 1.56. The number of nitrogens with one attached hydrogen (secondary N) is 1. The van der Waals surface area contributed by atoms with E-state index < -0.39 is 5.60 Å². The fourth-order valence-electron chi connectivity index (χ4n) is 1.60. The molecule has 0 unspecified atom stereocenters. The van der Waals surface area contributed by atoms with Crippen molar-refractivity contribution in [2.75, 3.05) is 11.9 Å². The summed E-state index contributed by atoms with van der Waals surface area (Å²) in [6.45, 7) is 2.72. The third kappa shape index (κ3) is 2.22. The van der Waals surface area contributed by atoms with E-state index in [9.17, 15) is 5.11 Å². The monoisotopic (exact) mass is 213 g/mol. The molecule has 1 aliphatic rings. The highest BCUT2D eigenvalue weighted by Gasteiger charge is 2.33. The zero-order chi connectivity index (χ0) is 10.0. The van der Waals surface area contributed by atoms with Gasteiger partial charge in [0.1, 0.15) is 5.01 Å². The van der Waals surface area contributed by atoms with Gasteiger partial charge in [-0.15, -0.1) is 10.2 Å². The molecule has 0 aliphatic heterocycles. The van der Waals surface area contributed by atoms with Gasteiger partial charge in [-0.25, -0.2) is 0 Å². The molecule has 5 heteroatoms. The van der Waals surface area contributed by atoms with Crippen LogP contribution in [0.3, 0.4) is 0 Å². The van der Waals surface area contributed by atoms with E-state index >= 15 is 0 Å². The maximum atomic E-state index is 9.82. The summed E-state index contributed by atoms with van der Waals surface area (Å²) in [7, 11) is 0. The van der Waals surface area contributed by atoms with Gasteiger partial charge in [-0.3, -0.25) is 0 Å². The number of aromatic nitrogens is 2. The predicted molar refractivity (Wildman–Crippen MR) is 56.6 cm³/mol. The van der Waals surface area contributed by atoms with Crippen LogP contribution >= 0.6 is 11.3 Å². The summed E-state index contributed by atoms with van der Waals surface area (Å²) in [4.78, 5) is 0. The SMILES string of the molecule is Cc1nnc(NCCC2(O)CCC2)s1.